The van der Waals surface area contributed by atoms with Crippen LogP contribution in [0.2, 0.25) is 0 Å². The fourth-order valence-electron chi connectivity index (χ4n) is 13.0. The quantitative estimate of drug-likeness (QED) is 0.142. The zero-order chi connectivity index (χ0) is 59.3. The molecule has 426 valence electrons. The van der Waals surface area contributed by atoms with Crippen LogP contribution < -0.4 is 14.5 Å². The Morgan fingerprint density at radius 3 is 1.52 bits per heavy atom. The van der Waals surface area contributed by atoms with Crippen molar-refractivity contribution in [1.29, 1.82) is 0 Å². The van der Waals surface area contributed by atoms with Crippen LogP contribution in [0.1, 0.15) is 101 Å². The summed E-state index contributed by atoms with van der Waals surface area (Å²) in [5, 5.41) is 0. The fourth-order valence-corrected chi connectivity index (χ4v) is 14.1. The average Bonchev–Trinajstić information content (AvgIpc) is 0.800. The number of pyridine rings is 1. The summed E-state index contributed by atoms with van der Waals surface area (Å²) >= 11 is 2.50. The van der Waals surface area contributed by atoms with Crippen molar-refractivity contribution in [2.24, 2.45) is 0 Å². The summed E-state index contributed by atoms with van der Waals surface area (Å²) in [4.78, 5) is 10.1. The van der Waals surface area contributed by atoms with Gasteiger partial charge in [-0.15, -0.1) is 0 Å². The molecule has 12 aromatic rings. The van der Waals surface area contributed by atoms with E-state index in [0.717, 1.165) is 93.8 Å². The van der Waals surface area contributed by atoms with E-state index in [0.29, 0.717) is 11.5 Å². The van der Waals surface area contributed by atoms with Crippen molar-refractivity contribution in [3.63, 3.8) is 0 Å². The molecule has 0 amide bonds. The Hall–Kier alpha value is -9.09. The summed E-state index contributed by atoms with van der Waals surface area (Å²) in [6.45, 7) is 20.6. The summed E-state index contributed by atoms with van der Waals surface area (Å²) in [5.74, 6) is 1.93. The summed E-state index contributed by atoms with van der Waals surface area (Å²) in [5.41, 5.74) is 21.0. The number of benzene rings is 10. The molecule has 0 aliphatic carbocycles. The summed E-state index contributed by atoms with van der Waals surface area (Å²) in [6.07, 6.45) is 1.95. The number of hydrogen-bond donors (Lipinski definition) is 0. The number of para-hydroxylation sites is 5. The first-order valence-corrected chi connectivity index (χ1v) is 30.8. The molecule has 86 heavy (non-hydrogen) atoms. The Labute approximate surface area is 516 Å². The van der Waals surface area contributed by atoms with Gasteiger partial charge in [0.25, 0.3) is 0 Å². The van der Waals surface area contributed by atoms with Gasteiger partial charge in [0.1, 0.15) is 0 Å². The van der Waals surface area contributed by atoms with E-state index in [9.17, 15) is 0 Å². The predicted molar refractivity (Wildman–Crippen MR) is 350 cm³/mol. The van der Waals surface area contributed by atoms with Crippen LogP contribution in [0.15, 0.2) is 243 Å². The van der Waals surface area contributed by atoms with Crippen molar-refractivity contribution in [2.45, 2.75) is 84.0 Å². The maximum absolute atomic E-state index is 7.16. The van der Waals surface area contributed by atoms with Crippen LogP contribution in [-0.2, 0) is 41.0 Å². The van der Waals surface area contributed by atoms with Crippen LogP contribution in [0.25, 0.3) is 44.7 Å². The van der Waals surface area contributed by atoms with Crippen LogP contribution in [0.5, 0.6) is 11.5 Å². The molecule has 0 N–H and O–H groups in total. The fraction of sp³-hybridized carbons (Fsp3) is 0.165. The van der Waals surface area contributed by atoms with Gasteiger partial charge in [-0.1, -0.05) is 123 Å². The molecule has 10 aromatic carbocycles. The number of nitrogens with zero attached hydrogens (tertiary/aromatic N) is 5. The number of fused-ring (bicyclic) bond motifs is 9. The van der Waals surface area contributed by atoms with Gasteiger partial charge in [-0.05, 0) is 63.3 Å². The summed E-state index contributed by atoms with van der Waals surface area (Å²) < 4.78 is 12.8. The van der Waals surface area contributed by atoms with Gasteiger partial charge in [0.15, 0.2) is 0 Å². The Kier molecular flexibility index (Phi) is 13.3. The number of ether oxygens (including phenoxy) is 1. The van der Waals surface area contributed by atoms with Crippen molar-refractivity contribution >= 4 is 45.3 Å². The number of rotatable bonds is 8. The molecular formula is C79H67N5OPt-2. The molecule has 0 unspecified atom stereocenters. The predicted octanol–water partition coefficient (Wildman–Crippen LogP) is 20.5. The van der Waals surface area contributed by atoms with Gasteiger partial charge in [-0.3, -0.25) is 0 Å². The second-order valence-electron chi connectivity index (χ2n) is 25.8. The van der Waals surface area contributed by atoms with E-state index in [1.807, 2.05) is 12.3 Å². The van der Waals surface area contributed by atoms with E-state index < -0.39 is 5.41 Å². The van der Waals surface area contributed by atoms with Gasteiger partial charge >= 0.3 is 306 Å². The van der Waals surface area contributed by atoms with Crippen molar-refractivity contribution in [1.82, 2.24) is 14.1 Å². The van der Waals surface area contributed by atoms with E-state index in [-0.39, 0.29) is 16.2 Å². The zero-order valence-corrected chi connectivity index (χ0v) is 52.3. The van der Waals surface area contributed by atoms with Gasteiger partial charge in [0, 0.05) is 11.9 Å². The minimum absolute atomic E-state index is 0.122. The molecule has 1 spiro atoms. The third kappa shape index (κ3) is 9.11. The smallest absolute Gasteiger partial charge is 0.310 e. The number of aromatic nitrogens is 3. The number of hydrogen-bond acceptors (Lipinski definition) is 4. The van der Waals surface area contributed by atoms with Crippen molar-refractivity contribution < 1.29 is 24.1 Å². The maximum atomic E-state index is 7.16. The minimum Gasteiger partial charge on any atom is -0.310 e. The van der Waals surface area contributed by atoms with E-state index in [4.69, 9.17) is 9.72 Å². The van der Waals surface area contributed by atoms with E-state index >= 15 is 0 Å². The molecule has 4 heterocycles. The first-order chi connectivity index (χ1) is 41.5. The molecule has 0 atom stereocenters. The van der Waals surface area contributed by atoms with E-state index in [1.165, 1.54) is 27.8 Å². The summed E-state index contributed by atoms with van der Waals surface area (Å²) in [6, 6.07) is 93.7. The Balaban J connectivity index is 0.982. The van der Waals surface area contributed by atoms with Crippen molar-refractivity contribution in [3.8, 4) is 45.1 Å². The molecule has 0 saturated carbocycles. The molecule has 0 bridgehead atoms. The molecule has 0 saturated heterocycles. The monoisotopic (exact) mass is 1300 g/mol. The van der Waals surface area contributed by atoms with Gasteiger partial charge < -0.3 is 4.90 Å². The van der Waals surface area contributed by atoms with Gasteiger partial charge in [-0.25, -0.2) is 0 Å². The third-order valence-electron chi connectivity index (χ3n) is 17.3. The van der Waals surface area contributed by atoms with Crippen molar-refractivity contribution in [3.05, 3.63) is 298 Å². The van der Waals surface area contributed by atoms with Crippen LogP contribution in [0, 0.1) is 15.9 Å². The molecular weight excluding hydrogens is 1230 g/mol. The van der Waals surface area contributed by atoms with Gasteiger partial charge in [0.05, 0.1) is 11.4 Å². The molecule has 14 rings (SSSR count). The normalized spacial score (nSPS) is 13.5. The van der Waals surface area contributed by atoms with E-state index in [2.05, 4.69) is 343 Å². The van der Waals surface area contributed by atoms with Crippen LogP contribution in [0.3, 0.4) is 0 Å². The molecule has 2 aliphatic heterocycles. The minimum atomic E-state index is -0.824. The molecule has 2 aliphatic rings. The Morgan fingerprint density at radius 1 is 0.419 bits per heavy atom. The SMILES string of the molecule is CC(C)(C)c1ccnc(N2c3[c-]c(Oc4[c-]c(-n5[c](=[Pt])n(-c6c(-c7ccccc7)cccc6-c6ccccc6)c6ccccc65)ccc4)ccc3C3(c4ccccc42)c2ccc(C(C)(C)C)cc2N(c2ccccc2)c2cc(C(C)(C)C)ccc23)c1. The van der Waals surface area contributed by atoms with E-state index in [1.54, 1.807) is 0 Å². The van der Waals surface area contributed by atoms with Crippen LogP contribution in [0.4, 0.5) is 34.3 Å². The molecule has 0 radical (unpaired) electrons. The molecule has 6 nitrogen and oxygen atoms in total. The van der Waals surface area contributed by atoms with Crippen LogP contribution >= 0.6 is 0 Å². The number of anilines is 6. The first kappa shape index (κ1) is 54.8. The molecule has 0 fully saturated rings. The topological polar surface area (TPSA) is 38.5 Å². The Morgan fingerprint density at radius 2 is 0.919 bits per heavy atom. The standard InChI is InChI=1S/C79H67N5O.Pt/c1-76(2,3)55-39-42-65-71(47-55)83(58-29-17-12-18-30-58)72-48-56(77(4,5)6)40-43-66(72)79(65)64-35-19-20-36-68(64)84(74-49-57(45-46-80-74)78(7,8)9)73-51-61(41-44-67(73)79)85-60-32-23-31-59(50-60)81-52-82(70-38-22-21-37-69(70)81)75-62(53-25-13-10-14-26-53)33-24-34-63(75)54-27-15-11-16-28-54;/h10-49H,1-9H3;/q-2;. The first-order valence-electron chi connectivity index (χ1n) is 29.7. The van der Waals surface area contributed by atoms with Crippen LogP contribution in [-0.4, -0.2) is 14.1 Å². The van der Waals surface area contributed by atoms with Gasteiger partial charge in [-0.2, -0.15) is 0 Å². The zero-order valence-electron chi connectivity index (χ0n) is 50.1. The number of imidazole rings is 1. The molecule has 2 aromatic heterocycles. The third-order valence-corrected chi connectivity index (χ3v) is 18.3. The van der Waals surface area contributed by atoms with Crippen molar-refractivity contribution in [2.75, 3.05) is 9.80 Å². The summed E-state index contributed by atoms with van der Waals surface area (Å²) in [7, 11) is 0. The average molecular weight is 1300 g/mol. The molecule has 7 heteroatoms. The Bertz CT molecular complexity index is 4530. The van der Waals surface area contributed by atoms with Gasteiger partial charge in [0.2, 0.25) is 0 Å². The second-order valence-corrected chi connectivity index (χ2v) is 26.8. The second kappa shape index (κ2) is 20.9.